The van der Waals surface area contributed by atoms with Crippen molar-refractivity contribution in [2.24, 2.45) is 7.05 Å². The Labute approximate surface area is 152 Å². The molecule has 1 aromatic heterocycles. The fourth-order valence-corrected chi connectivity index (χ4v) is 3.50. The molecule has 2 heterocycles. The molecule has 7 nitrogen and oxygen atoms in total. The summed E-state index contributed by atoms with van der Waals surface area (Å²) < 4.78 is 38.5. The molecule has 1 aromatic carbocycles. The molecule has 1 atom stereocenters. The van der Waals surface area contributed by atoms with Crippen molar-refractivity contribution in [3.63, 3.8) is 0 Å². The third-order valence-electron chi connectivity index (χ3n) is 4.14. The van der Waals surface area contributed by atoms with E-state index in [1.807, 2.05) is 0 Å². The molecule has 26 heavy (non-hydrogen) atoms. The van der Waals surface area contributed by atoms with Gasteiger partial charge in [0.2, 0.25) is 10.0 Å². The number of aryl methyl sites for hydroxylation is 2. The SMILES string of the molecule is Cc1cc(-c2cc(NS(C)(=O)=O)ccc2OC2CCOC2)cn(C)c1=O. The number of anilines is 1. The van der Waals surface area contributed by atoms with Gasteiger partial charge in [0.05, 0.1) is 19.5 Å². The third kappa shape index (κ3) is 4.25. The van der Waals surface area contributed by atoms with Gasteiger partial charge in [-0.05, 0) is 31.2 Å². The zero-order chi connectivity index (χ0) is 18.9. The number of rotatable bonds is 5. The summed E-state index contributed by atoms with van der Waals surface area (Å²) in [4.78, 5) is 12.0. The minimum absolute atomic E-state index is 0.0453. The number of nitrogens with zero attached hydrogens (tertiary/aromatic N) is 1. The van der Waals surface area contributed by atoms with Gasteiger partial charge in [-0.3, -0.25) is 9.52 Å². The lowest BCUT2D eigenvalue weighted by molar-refractivity contribution is 0.142. The van der Waals surface area contributed by atoms with Crippen molar-refractivity contribution in [3.8, 4) is 16.9 Å². The first-order chi connectivity index (χ1) is 12.2. The van der Waals surface area contributed by atoms with Gasteiger partial charge in [0.1, 0.15) is 11.9 Å². The van der Waals surface area contributed by atoms with Crippen LogP contribution in [-0.4, -0.2) is 38.6 Å². The lowest BCUT2D eigenvalue weighted by atomic mass is 10.0. The summed E-state index contributed by atoms with van der Waals surface area (Å²) >= 11 is 0. The minimum Gasteiger partial charge on any atom is -0.487 e. The Hall–Kier alpha value is -2.32. The molecule has 1 aliphatic rings. The number of benzene rings is 1. The van der Waals surface area contributed by atoms with Crippen molar-refractivity contribution in [1.82, 2.24) is 4.57 Å². The van der Waals surface area contributed by atoms with E-state index >= 15 is 0 Å². The number of ether oxygens (including phenoxy) is 2. The Morgan fingerprint density at radius 3 is 2.69 bits per heavy atom. The van der Waals surface area contributed by atoms with Crippen molar-refractivity contribution < 1.29 is 17.9 Å². The van der Waals surface area contributed by atoms with Crippen LogP contribution in [0, 0.1) is 6.92 Å². The van der Waals surface area contributed by atoms with Gasteiger partial charge in [0.25, 0.3) is 5.56 Å². The highest BCUT2D eigenvalue weighted by molar-refractivity contribution is 7.92. The zero-order valence-electron chi connectivity index (χ0n) is 15.0. The van der Waals surface area contributed by atoms with Crippen molar-refractivity contribution in [2.75, 3.05) is 24.2 Å². The lowest BCUT2D eigenvalue weighted by Crippen LogP contribution is -2.19. The number of sulfonamides is 1. The van der Waals surface area contributed by atoms with Crippen LogP contribution in [-0.2, 0) is 21.8 Å². The van der Waals surface area contributed by atoms with Crippen LogP contribution in [0.4, 0.5) is 5.69 Å². The Bertz CT molecular complexity index is 949. The van der Waals surface area contributed by atoms with Crippen LogP contribution in [0.1, 0.15) is 12.0 Å². The van der Waals surface area contributed by atoms with E-state index in [1.165, 1.54) is 4.57 Å². The van der Waals surface area contributed by atoms with Gasteiger partial charge >= 0.3 is 0 Å². The molecule has 0 spiro atoms. The van der Waals surface area contributed by atoms with Gasteiger partial charge < -0.3 is 14.0 Å². The number of aromatic nitrogens is 1. The van der Waals surface area contributed by atoms with Crippen LogP contribution in [0.2, 0.25) is 0 Å². The predicted molar refractivity (Wildman–Crippen MR) is 100 cm³/mol. The maximum absolute atomic E-state index is 12.0. The molecule has 0 aliphatic carbocycles. The van der Waals surface area contributed by atoms with Crippen LogP contribution in [0.5, 0.6) is 5.75 Å². The third-order valence-corrected chi connectivity index (χ3v) is 4.74. The van der Waals surface area contributed by atoms with Crippen molar-refractivity contribution in [2.45, 2.75) is 19.4 Å². The zero-order valence-corrected chi connectivity index (χ0v) is 15.8. The molecule has 140 valence electrons. The summed E-state index contributed by atoms with van der Waals surface area (Å²) in [5.74, 6) is 0.623. The number of pyridine rings is 1. The van der Waals surface area contributed by atoms with Crippen molar-refractivity contribution in [1.29, 1.82) is 0 Å². The highest BCUT2D eigenvalue weighted by Crippen LogP contribution is 2.34. The maximum Gasteiger partial charge on any atom is 0.253 e. The number of nitrogens with one attached hydrogen (secondary N) is 1. The van der Waals surface area contributed by atoms with E-state index in [-0.39, 0.29) is 11.7 Å². The monoisotopic (exact) mass is 378 g/mol. The average Bonchev–Trinajstić information content (AvgIpc) is 3.05. The van der Waals surface area contributed by atoms with Gasteiger partial charge in [-0.25, -0.2) is 8.42 Å². The molecule has 3 rings (SSSR count). The largest absolute Gasteiger partial charge is 0.487 e. The molecule has 0 radical (unpaired) electrons. The molecule has 1 unspecified atom stereocenters. The molecule has 2 aromatic rings. The number of hydrogen-bond donors (Lipinski definition) is 1. The Morgan fingerprint density at radius 1 is 1.31 bits per heavy atom. The normalized spacial score (nSPS) is 17.3. The summed E-state index contributed by atoms with van der Waals surface area (Å²) in [7, 11) is -1.72. The average molecular weight is 378 g/mol. The smallest absolute Gasteiger partial charge is 0.253 e. The van der Waals surface area contributed by atoms with Gasteiger partial charge in [0.15, 0.2) is 0 Å². The molecule has 0 bridgehead atoms. The van der Waals surface area contributed by atoms with E-state index in [2.05, 4.69) is 4.72 Å². The number of hydrogen-bond acceptors (Lipinski definition) is 5. The van der Waals surface area contributed by atoms with E-state index in [9.17, 15) is 13.2 Å². The topological polar surface area (TPSA) is 86.6 Å². The van der Waals surface area contributed by atoms with Gasteiger partial charge in [-0.2, -0.15) is 0 Å². The summed E-state index contributed by atoms with van der Waals surface area (Å²) in [6, 6.07) is 6.89. The fourth-order valence-electron chi connectivity index (χ4n) is 2.95. The maximum atomic E-state index is 12.0. The molecular weight excluding hydrogens is 356 g/mol. The van der Waals surface area contributed by atoms with Crippen molar-refractivity contribution >= 4 is 15.7 Å². The lowest BCUT2D eigenvalue weighted by Gasteiger charge is -2.18. The molecule has 1 saturated heterocycles. The summed E-state index contributed by atoms with van der Waals surface area (Å²) in [6.45, 7) is 2.93. The second-order valence-corrected chi connectivity index (χ2v) is 8.26. The quantitative estimate of drug-likeness (QED) is 0.859. The van der Waals surface area contributed by atoms with E-state index in [1.54, 1.807) is 44.4 Å². The van der Waals surface area contributed by atoms with E-state index < -0.39 is 10.0 Å². The molecule has 1 fully saturated rings. The van der Waals surface area contributed by atoms with Crippen LogP contribution < -0.4 is 15.0 Å². The highest BCUT2D eigenvalue weighted by atomic mass is 32.2. The molecular formula is C18H22N2O5S. The second-order valence-electron chi connectivity index (χ2n) is 6.52. The fraction of sp³-hybridized carbons (Fsp3) is 0.389. The van der Waals surface area contributed by atoms with Crippen LogP contribution in [0.15, 0.2) is 35.3 Å². The predicted octanol–water partition coefficient (Wildman–Crippen LogP) is 1.90. The summed E-state index contributed by atoms with van der Waals surface area (Å²) in [5, 5.41) is 0. The first kappa shape index (κ1) is 18.5. The molecule has 0 saturated carbocycles. The van der Waals surface area contributed by atoms with E-state index in [0.29, 0.717) is 35.8 Å². The van der Waals surface area contributed by atoms with Gasteiger partial charge in [-0.15, -0.1) is 0 Å². The van der Waals surface area contributed by atoms with E-state index in [4.69, 9.17) is 9.47 Å². The summed E-state index contributed by atoms with van der Waals surface area (Å²) in [5.41, 5.74) is 2.44. The molecule has 1 N–H and O–H groups in total. The summed E-state index contributed by atoms with van der Waals surface area (Å²) in [6.07, 6.45) is 3.57. The van der Waals surface area contributed by atoms with Gasteiger partial charge in [-0.1, -0.05) is 0 Å². The van der Waals surface area contributed by atoms with Crippen LogP contribution in [0.3, 0.4) is 0 Å². The highest BCUT2D eigenvalue weighted by Gasteiger charge is 2.20. The molecule has 1 aliphatic heterocycles. The van der Waals surface area contributed by atoms with E-state index in [0.717, 1.165) is 18.2 Å². The first-order valence-electron chi connectivity index (χ1n) is 8.27. The van der Waals surface area contributed by atoms with Crippen LogP contribution in [0.25, 0.3) is 11.1 Å². The van der Waals surface area contributed by atoms with Gasteiger partial charge in [0, 0.05) is 42.0 Å². The second kappa shape index (κ2) is 7.13. The molecule has 8 heteroatoms. The Kier molecular flexibility index (Phi) is 5.06. The Balaban J connectivity index is 2.08. The first-order valence-corrected chi connectivity index (χ1v) is 10.2. The molecule has 0 amide bonds. The van der Waals surface area contributed by atoms with Crippen LogP contribution >= 0.6 is 0 Å². The Morgan fingerprint density at radius 2 is 2.08 bits per heavy atom. The van der Waals surface area contributed by atoms with Crippen molar-refractivity contribution in [3.05, 3.63) is 46.4 Å². The minimum atomic E-state index is -3.40. The standard InChI is InChI=1S/C18H22N2O5S/c1-12-8-13(10-20(2)18(12)21)16-9-14(19-26(3,22)23)4-5-17(16)25-15-6-7-24-11-15/h4-5,8-10,15,19H,6-7,11H2,1-3H3.